The number of hydrogen-bond donors (Lipinski definition) is 0. The number of fused-ring (bicyclic) bond motifs is 1. The molecule has 2 heterocycles. The minimum absolute atomic E-state index is 0.0699. The molecule has 1 aliphatic heterocycles. The molecule has 1 spiro atoms. The summed E-state index contributed by atoms with van der Waals surface area (Å²) in [6.07, 6.45) is 1.60. The molecule has 3 rings (SSSR count). The summed E-state index contributed by atoms with van der Waals surface area (Å²) in [5.74, 6) is 0.148. The topological polar surface area (TPSA) is 59.5 Å². The Bertz CT molecular complexity index is 747. The van der Waals surface area contributed by atoms with Crippen LogP contribution in [0.15, 0.2) is 0 Å². The Balaban J connectivity index is 1.87. The van der Waals surface area contributed by atoms with Gasteiger partial charge in [0.25, 0.3) is 0 Å². The van der Waals surface area contributed by atoms with E-state index in [-0.39, 0.29) is 23.3 Å². The maximum absolute atomic E-state index is 13.1. The van der Waals surface area contributed by atoms with Gasteiger partial charge in [0.15, 0.2) is 10.3 Å². The minimum atomic E-state index is -0.539. The van der Waals surface area contributed by atoms with Gasteiger partial charge in [0.1, 0.15) is 5.60 Å². The molecule has 0 aromatic carbocycles. The number of rotatable bonds is 0. The summed E-state index contributed by atoms with van der Waals surface area (Å²) in [4.78, 5) is 32.8. The number of thiazole rings is 1. The lowest BCUT2D eigenvalue weighted by Crippen LogP contribution is -2.57. The molecule has 0 saturated carbocycles. The van der Waals surface area contributed by atoms with Gasteiger partial charge in [0.2, 0.25) is 0 Å². The Morgan fingerprint density at radius 3 is 2.50 bits per heavy atom. The van der Waals surface area contributed by atoms with Crippen molar-refractivity contribution in [3.05, 3.63) is 15.0 Å². The minimum Gasteiger partial charge on any atom is -0.444 e. The van der Waals surface area contributed by atoms with Gasteiger partial charge in [0.05, 0.1) is 10.6 Å². The average molecular weight is 399 g/mol. The van der Waals surface area contributed by atoms with Crippen molar-refractivity contribution in [3.63, 3.8) is 0 Å². The number of aromatic nitrogens is 1. The third-order valence-corrected chi connectivity index (χ3v) is 6.49. The molecule has 0 N–H and O–H groups in total. The van der Waals surface area contributed by atoms with Gasteiger partial charge in [0, 0.05) is 24.4 Å². The van der Waals surface area contributed by atoms with Crippen LogP contribution in [0.1, 0.15) is 69.7 Å². The molecule has 2 unspecified atom stereocenters. The third-order valence-electron chi connectivity index (χ3n) is 5.28. The highest BCUT2D eigenvalue weighted by molar-refractivity contribution is 7.17. The zero-order valence-electron chi connectivity index (χ0n) is 16.3. The highest BCUT2D eigenvalue weighted by Crippen LogP contribution is 2.50. The van der Waals surface area contributed by atoms with E-state index in [0.29, 0.717) is 35.2 Å². The zero-order chi connectivity index (χ0) is 19.5. The highest BCUT2D eigenvalue weighted by atomic mass is 35.5. The molecule has 1 aromatic heterocycles. The van der Waals surface area contributed by atoms with Crippen molar-refractivity contribution < 1.29 is 14.3 Å². The SMILES string of the molecule is CC(C)(C)OC(=O)N1CCC2(Cc3nc(Cl)sc3C2=O)CC1C(C)(C)C. The lowest BCUT2D eigenvalue weighted by molar-refractivity contribution is -0.0272. The molecule has 5 nitrogen and oxygen atoms in total. The van der Waals surface area contributed by atoms with Crippen LogP contribution in [0, 0.1) is 10.8 Å². The smallest absolute Gasteiger partial charge is 0.410 e. The van der Waals surface area contributed by atoms with E-state index in [1.165, 1.54) is 11.3 Å². The molecule has 1 aromatic rings. The van der Waals surface area contributed by atoms with Crippen LogP contribution in [0.5, 0.6) is 0 Å². The normalized spacial score (nSPS) is 26.3. The Morgan fingerprint density at radius 1 is 1.31 bits per heavy atom. The first kappa shape index (κ1) is 19.6. The molecule has 1 amide bonds. The number of nitrogens with zero attached hydrogens (tertiary/aromatic N) is 2. The van der Waals surface area contributed by atoms with Crippen molar-refractivity contribution in [1.82, 2.24) is 9.88 Å². The van der Waals surface area contributed by atoms with Crippen LogP contribution in [-0.4, -0.2) is 39.9 Å². The predicted octanol–water partition coefficient (Wildman–Crippen LogP) is 4.97. The second-order valence-electron chi connectivity index (χ2n) is 9.54. The molecular formula is C19H27ClN2O3S. The van der Waals surface area contributed by atoms with Crippen molar-refractivity contribution in [1.29, 1.82) is 0 Å². The number of amides is 1. The van der Waals surface area contributed by atoms with Gasteiger partial charge in [-0.25, -0.2) is 9.78 Å². The summed E-state index contributed by atoms with van der Waals surface area (Å²) in [7, 11) is 0. The van der Waals surface area contributed by atoms with E-state index in [0.717, 1.165) is 5.69 Å². The van der Waals surface area contributed by atoms with Crippen LogP contribution in [0.25, 0.3) is 0 Å². The maximum Gasteiger partial charge on any atom is 0.410 e. The quantitative estimate of drug-likeness (QED) is 0.619. The van der Waals surface area contributed by atoms with E-state index in [4.69, 9.17) is 16.3 Å². The van der Waals surface area contributed by atoms with Crippen LogP contribution in [-0.2, 0) is 11.2 Å². The summed E-state index contributed by atoms with van der Waals surface area (Å²) in [5, 5.41) is 0. The first-order valence-electron chi connectivity index (χ1n) is 9.02. The van der Waals surface area contributed by atoms with Gasteiger partial charge < -0.3 is 9.64 Å². The fourth-order valence-electron chi connectivity index (χ4n) is 4.01. The van der Waals surface area contributed by atoms with E-state index in [2.05, 4.69) is 25.8 Å². The number of halogens is 1. The molecular weight excluding hydrogens is 372 g/mol. The number of Topliss-reactive ketones (excluding diaryl/α,β-unsaturated/α-hetero) is 1. The first-order chi connectivity index (χ1) is 11.8. The van der Waals surface area contributed by atoms with E-state index in [1.54, 1.807) is 0 Å². The molecule has 2 atom stereocenters. The summed E-state index contributed by atoms with van der Waals surface area (Å²) in [6, 6.07) is -0.0699. The van der Waals surface area contributed by atoms with Gasteiger partial charge in [-0.15, -0.1) is 0 Å². The molecule has 1 fully saturated rings. The summed E-state index contributed by atoms with van der Waals surface area (Å²) in [6.45, 7) is 12.5. The first-order valence-corrected chi connectivity index (χ1v) is 10.2. The van der Waals surface area contributed by atoms with E-state index < -0.39 is 11.0 Å². The Hall–Kier alpha value is -1.14. The Morgan fingerprint density at radius 2 is 1.96 bits per heavy atom. The second-order valence-corrected chi connectivity index (χ2v) is 11.1. The summed E-state index contributed by atoms with van der Waals surface area (Å²) < 4.78 is 6.04. The third kappa shape index (κ3) is 3.50. The van der Waals surface area contributed by atoms with Crippen molar-refractivity contribution in [2.75, 3.05) is 6.54 Å². The summed E-state index contributed by atoms with van der Waals surface area (Å²) in [5.41, 5.74) is -0.341. The van der Waals surface area contributed by atoms with Crippen LogP contribution in [0.4, 0.5) is 4.79 Å². The molecule has 0 bridgehead atoms. The van der Waals surface area contributed by atoms with Gasteiger partial charge in [-0.05, 0) is 39.0 Å². The molecule has 0 radical (unpaired) electrons. The summed E-state index contributed by atoms with van der Waals surface area (Å²) >= 11 is 7.26. The van der Waals surface area contributed by atoms with E-state index >= 15 is 0 Å². The lowest BCUT2D eigenvalue weighted by atomic mass is 9.67. The monoisotopic (exact) mass is 398 g/mol. The van der Waals surface area contributed by atoms with Crippen LogP contribution >= 0.6 is 22.9 Å². The van der Waals surface area contributed by atoms with Gasteiger partial charge in [-0.3, -0.25) is 4.79 Å². The predicted molar refractivity (Wildman–Crippen MR) is 103 cm³/mol. The van der Waals surface area contributed by atoms with Crippen molar-refractivity contribution >= 4 is 34.8 Å². The average Bonchev–Trinajstić information content (AvgIpc) is 2.93. The second kappa shape index (κ2) is 6.20. The van der Waals surface area contributed by atoms with Crippen molar-refractivity contribution in [3.8, 4) is 0 Å². The molecule has 7 heteroatoms. The Kier molecular flexibility index (Phi) is 4.67. The number of hydrogen-bond acceptors (Lipinski definition) is 5. The number of ether oxygens (including phenoxy) is 1. The van der Waals surface area contributed by atoms with Crippen LogP contribution in [0.2, 0.25) is 4.47 Å². The lowest BCUT2D eigenvalue weighted by Gasteiger charge is -2.49. The molecule has 1 aliphatic carbocycles. The van der Waals surface area contributed by atoms with Crippen LogP contribution in [0.3, 0.4) is 0 Å². The Labute approximate surface area is 164 Å². The van der Waals surface area contributed by atoms with Crippen molar-refractivity contribution in [2.45, 2.75) is 72.4 Å². The fraction of sp³-hybridized carbons (Fsp3) is 0.737. The standard InChI is InChI=1S/C19H27ClN2O3S/c1-17(2,3)12-10-19(7-8-22(12)16(24)25-18(4,5)6)9-11-13(14(19)23)26-15(20)21-11/h12H,7-10H2,1-6H3. The number of ketones is 1. The molecule has 1 saturated heterocycles. The number of likely N-dealkylation sites (tertiary alicyclic amines) is 1. The maximum atomic E-state index is 13.1. The number of carbonyl (C=O) groups excluding carboxylic acids is 2. The fourth-order valence-corrected chi connectivity index (χ4v) is 5.22. The van der Waals surface area contributed by atoms with Gasteiger partial charge >= 0.3 is 6.09 Å². The van der Waals surface area contributed by atoms with Crippen LogP contribution < -0.4 is 0 Å². The number of carbonyl (C=O) groups is 2. The van der Waals surface area contributed by atoms with Crippen molar-refractivity contribution in [2.24, 2.45) is 10.8 Å². The van der Waals surface area contributed by atoms with E-state index in [1.807, 2.05) is 25.7 Å². The number of piperidine rings is 1. The molecule has 144 valence electrons. The highest BCUT2D eigenvalue weighted by Gasteiger charge is 2.54. The van der Waals surface area contributed by atoms with E-state index in [9.17, 15) is 9.59 Å². The largest absolute Gasteiger partial charge is 0.444 e. The van der Waals surface area contributed by atoms with Gasteiger partial charge in [-0.2, -0.15) is 0 Å². The van der Waals surface area contributed by atoms with Gasteiger partial charge in [-0.1, -0.05) is 43.7 Å². The molecule has 2 aliphatic rings. The zero-order valence-corrected chi connectivity index (χ0v) is 17.9. The molecule has 26 heavy (non-hydrogen) atoms.